The van der Waals surface area contributed by atoms with E-state index < -0.39 is 6.10 Å². The lowest BCUT2D eigenvalue weighted by atomic mass is 10.4. The van der Waals surface area contributed by atoms with Crippen LogP contribution in [0.25, 0.3) is 10.7 Å². The number of hydrogen-bond acceptors (Lipinski definition) is 7. The smallest absolute Gasteiger partial charge is 0.243 e. The van der Waals surface area contributed by atoms with E-state index in [0.29, 0.717) is 5.82 Å². The van der Waals surface area contributed by atoms with E-state index in [1.165, 1.54) is 23.2 Å². The molecule has 1 atom stereocenters. The van der Waals surface area contributed by atoms with E-state index in [2.05, 4.69) is 20.7 Å². The normalized spacial score (nSPS) is 12.3. The lowest BCUT2D eigenvalue weighted by Gasteiger charge is -2.10. The summed E-state index contributed by atoms with van der Waals surface area (Å²) in [5.41, 5.74) is 0. The Morgan fingerprint density at radius 2 is 2.50 bits per heavy atom. The van der Waals surface area contributed by atoms with Gasteiger partial charge in [-0.15, -0.1) is 21.5 Å². The van der Waals surface area contributed by atoms with Crippen LogP contribution in [0.4, 0.5) is 0 Å². The number of aliphatic hydroxyl groups excluding tert-OH is 1. The zero-order valence-electron chi connectivity index (χ0n) is 10.9. The maximum absolute atomic E-state index is 11.6. The molecule has 0 aliphatic rings. The van der Waals surface area contributed by atoms with E-state index >= 15 is 0 Å². The molecule has 108 valence electrons. The third-order valence-electron chi connectivity index (χ3n) is 2.37. The fourth-order valence-electron chi connectivity index (χ4n) is 1.48. The minimum absolute atomic E-state index is 0.0436. The van der Waals surface area contributed by atoms with E-state index in [1.807, 2.05) is 17.5 Å². The molecule has 2 heterocycles. The van der Waals surface area contributed by atoms with Crippen molar-refractivity contribution in [2.45, 2.75) is 12.6 Å². The Morgan fingerprint density at radius 3 is 3.20 bits per heavy atom. The summed E-state index contributed by atoms with van der Waals surface area (Å²) in [6, 6.07) is 3.78. The van der Waals surface area contributed by atoms with Gasteiger partial charge in [-0.2, -0.15) is 4.80 Å². The van der Waals surface area contributed by atoms with Gasteiger partial charge in [0.15, 0.2) is 0 Å². The molecule has 2 aromatic rings. The lowest BCUT2D eigenvalue weighted by molar-refractivity contribution is -0.122. The number of carbonyl (C=O) groups is 1. The van der Waals surface area contributed by atoms with Crippen LogP contribution in [0.5, 0.6) is 0 Å². The second-order valence-electron chi connectivity index (χ2n) is 4.03. The molecule has 20 heavy (non-hydrogen) atoms. The van der Waals surface area contributed by atoms with Crippen molar-refractivity contribution in [1.82, 2.24) is 25.5 Å². The number of nitrogens with one attached hydrogen (secondary N) is 1. The average Bonchev–Trinajstić information content (AvgIpc) is 3.07. The highest BCUT2D eigenvalue weighted by molar-refractivity contribution is 7.13. The first kappa shape index (κ1) is 14.6. The number of rotatable bonds is 7. The van der Waals surface area contributed by atoms with Crippen molar-refractivity contribution in [3.63, 3.8) is 0 Å². The largest absolute Gasteiger partial charge is 0.389 e. The zero-order valence-corrected chi connectivity index (χ0v) is 11.7. The molecule has 2 N–H and O–H groups in total. The summed E-state index contributed by atoms with van der Waals surface area (Å²) in [5.74, 6) is 0.197. The second-order valence-corrected chi connectivity index (χ2v) is 4.98. The second kappa shape index (κ2) is 7.08. The van der Waals surface area contributed by atoms with Gasteiger partial charge in [0.05, 0.1) is 17.6 Å². The van der Waals surface area contributed by atoms with Gasteiger partial charge in [0.1, 0.15) is 6.54 Å². The summed E-state index contributed by atoms with van der Waals surface area (Å²) < 4.78 is 4.76. The van der Waals surface area contributed by atoms with Gasteiger partial charge in [0.2, 0.25) is 11.7 Å². The van der Waals surface area contributed by atoms with Gasteiger partial charge in [-0.1, -0.05) is 6.07 Å². The van der Waals surface area contributed by atoms with Crippen molar-refractivity contribution in [2.75, 3.05) is 20.3 Å². The quantitative estimate of drug-likeness (QED) is 0.716. The molecule has 2 rings (SSSR count). The molecular formula is C11H15N5O3S. The fraction of sp³-hybridized carbons (Fsp3) is 0.455. The van der Waals surface area contributed by atoms with Gasteiger partial charge >= 0.3 is 0 Å². The summed E-state index contributed by atoms with van der Waals surface area (Å²) in [7, 11) is 1.48. The van der Waals surface area contributed by atoms with Crippen molar-refractivity contribution in [3.8, 4) is 10.7 Å². The topological polar surface area (TPSA) is 102 Å². The minimum atomic E-state index is -0.727. The average molecular weight is 297 g/mol. The highest BCUT2D eigenvalue weighted by Gasteiger charge is 2.11. The summed E-state index contributed by atoms with van der Waals surface area (Å²) in [5, 5.41) is 25.7. The van der Waals surface area contributed by atoms with Crippen LogP contribution in [0, 0.1) is 0 Å². The molecule has 0 fully saturated rings. The summed E-state index contributed by atoms with van der Waals surface area (Å²) in [6.07, 6.45) is -0.727. The summed E-state index contributed by atoms with van der Waals surface area (Å²) >= 11 is 1.50. The molecule has 0 radical (unpaired) electrons. The number of tetrazole rings is 1. The fourth-order valence-corrected chi connectivity index (χ4v) is 2.13. The van der Waals surface area contributed by atoms with Crippen molar-refractivity contribution in [1.29, 1.82) is 0 Å². The van der Waals surface area contributed by atoms with E-state index in [4.69, 9.17) is 4.74 Å². The van der Waals surface area contributed by atoms with Crippen LogP contribution in [0.15, 0.2) is 17.5 Å². The number of amides is 1. The monoisotopic (exact) mass is 297 g/mol. The molecule has 0 bridgehead atoms. The SMILES string of the molecule is COCC(O)CNC(=O)Cn1nnc(-c2cccs2)n1. The number of nitrogens with zero attached hydrogens (tertiary/aromatic N) is 4. The number of aromatic nitrogens is 4. The van der Waals surface area contributed by atoms with Crippen LogP contribution in [0.1, 0.15) is 0 Å². The third kappa shape index (κ3) is 4.08. The highest BCUT2D eigenvalue weighted by atomic mass is 32.1. The van der Waals surface area contributed by atoms with Crippen LogP contribution in [-0.4, -0.2) is 57.6 Å². The highest BCUT2D eigenvalue weighted by Crippen LogP contribution is 2.19. The molecule has 1 unspecified atom stereocenters. The summed E-state index contributed by atoms with van der Waals surface area (Å²) in [6.45, 7) is 0.252. The third-order valence-corrected chi connectivity index (χ3v) is 3.24. The Morgan fingerprint density at radius 1 is 1.65 bits per heavy atom. The van der Waals surface area contributed by atoms with Crippen LogP contribution in [-0.2, 0) is 16.1 Å². The molecule has 8 nitrogen and oxygen atoms in total. The molecule has 2 aromatic heterocycles. The van der Waals surface area contributed by atoms with Gasteiger partial charge < -0.3 is 15.2 Å². The number of thiophene rings is 1. The van der Waals surface area contributed by atoms with Gasteiger partial charge in [-0.25, -0.2) is 0 Å². The van der Waals surface area contributed by atoms with E-state index in [-0.39, 0.29) is 25.6 Å². The number of hydrogen-bond donors (Lipinski definition) is 2. The van der Waals surface area contributed by atoms with Crippen LogP contribution in [0.2, 0.25) is 0 Å². The number of carbonyl (C=O) groups excluding carboxylic acids is 1. The molecule has 0 aliphatic carbocycles. The maximum atomic E-state index is 11.6. The predicted molar refractivity (Wildman–Crippen MR) is 72.0 cm³/mol. The van der Waals surface area contributed by atoms with E-state index in [0.717, 1.165) is 4.88 Å². The molecule has 0 saturated heterocycles. The van der Waals surface area contributed by atoms with Crippen molar-refractivity contribution < 1.29 is 14.6 Å². The maximum Gasteiger partial charge on any atom is 0.243 e. The first-order valence-corrected chi connectivity index (χ1v) is 6.82. The van der Waals surface area contributed by atoms with Crippen molar-refractivity contribution in [3.05, 3.63) is 17.5 Å². The van der Waals surface area contributed by atoms with Gasteiger partial charge in [0.25, 0.3) is 0 Å². The first-order valence-electron chi connectivity index (χ1n) is 5.94. The Balaban J connectivity index is 1.83. The van der Waals surface area contributed by atoms with Crippen LogP contribution >= 0.6 is 11.3 Å². The standard InChI is InChI=1S/C11H15N5O3S/c1-19-7-8(17)5-12-10(18)6-16-14-11(13-15-16)9-3-2-4-20-9/h2-4,8,17H,5-7H2,1H3,(H,12,18). The van der Waals surface area contributed by atoms with Crippen molar-refractivity contribution >= 4 is 17.2 Å². The van der Waals surface area contributed by atoms with Gasteiger partial charge in [0, 0.05) is 13.7 Å². The lowest BCUT2D eigenvalue weighted by Crippen LogP contribution is -2.36. The van der Waals surface area contributed by atoms with E-state index in [1.54, 1.807) is 0 Å². The molecule has 9 heteroatoms. The minimum Gasteiger partial charge on any atom is -0.389 e. The van der Waals surface area contributed by atoms with Gasteiger partial charge in [-0.3, -0.25) is 4.79 Å². The Hall–Kier alpha value is -1.84. The predicted octanol–water partition coefficient (Wildman–Crippen LogP) is -0.475. The molecular weight excluding hydrogens is 282 g/mol. The number of methoxy groups -OCH3 is 1. The van der Waals surface area contributed by atoms with Crippen LogP contribution in [0.3, 0.4) is 0 Å². The Bertz CT molecular complexity index is 542. The molecule has 0 saturated carbocycles. The van der Waals surface area contributed by atoms with Crippen molar-refractivity contribution in [2.24, 2.45) is 0 Å². The molecule has 1 amide bonds. The van der Waals surface area contributed by atoms with Crippen LogP contribution < -0.4 is 5.32 Å². The molecule has 0 aromatic carbocycles. The van der Waals surface area contributed by atoms with Gasteiger partial charge in [-0.05, 0) is 16.7 Å². The summed E-state index contributed by atoms with van der Waals surface area (Å²) in [4.78, 5) is 13.7. The zero-order chi connectivity index (χ0) is 14.4. The molecule has 0 aliphatic heterocycles. The number of aliphatic hydroxyl groups is 1. The van der Waals surface area contributed by atoms with E-state index in [9.17, 15) is 9.90 Å². The first-order chi connectivity index (χ1) is 9.69. The Labute approximate surface area is 119 Å². The molecule has 0 spiro atoms. The Kier molecular flexibility index (Phi) is 5.16. The number of ether oxygens (including phenoxy) is 1.